The van der Waals surface area contributed by atoms with Crippen LogP contribution in [0.4, 0.5) is 5.69 Å². The summed E-state index contributed by atoms with van der Waals surface area (Å²) in [4.78, 5) is 15.6. The number of aryl methyl sites for hydroxylation is 1. The van der Waals surface area contributed by atoms with E-state index in [1.54, 1.807) is 29.1 Å². The molecule has 88 valence electrons. The molecule has 2 aromatic rings. The molecule has 0 bridgehead atoms. The van der Waals surface area contributed by atoms with Gasteiger partial charge in [0.25, 0.3) is 5.91 Å². The summed E-state index contributed by atoms with van der Waals surface area (Å²) in [6.07, 6.45) is 1.64. The lowest BCUT2D eigenvalue weighted by Crippen LogP contribution is -2.16. The van der Waals surface area contributed by atoms with E-state index in [1.165, 1.54) is 0 Å². The quantitative estimate of drug-likeness (QED) is 0.759. The van der Waals surface area contributed by atoms with Crippen molar-refractivity contribution in [2.45, 2.75) is 13.8 Å². The third kappa shape index (κ3) is 1.75. The lowest BCUT2D eigenvalue weighted by molar-refractivity contribution is 0.100. The molecule has 17 heavy (non-hydrogen) atoms. The van der Waals surface area contributed by atoms with Crippen LogP contribution < -0.4 is 11.5 Å². The maximum absolute atomic E-state index is 11.4. The Kier molecular flexibility index (Phi) is 2.59. The molecule has 0 unspecified atom stereocenters. The number of imidazole rings is 1. The van der Waals surface area contributed by atoms with Crippen molar-refractivity contribution in [1.29, 1.82) is 0 Å². The van der Waals surface area contributed by atoms with Crippen LogP contribution in [0.15, 0.2) is 24.5 Å². The van der Waals surface area contributed by atoms with E-state index in [2.05, 4.69) is 4.98 Å². The average Bonchev–Trinajstić information content (AvgIpc) is 2.60. The highest BCUT2D eigenvalue weighted by atomic mass is 16.1. The number of hydrogen-bond donors (Lipinski definition) is 2. The van der Waals surface area contributed by atoms with E-state index in [9.17, 15) is 4.79 Å². The van der Waals surface area contributed by atoms with Crippen molar-refractivity contribution in [2.75, 3.05) is 5.73 Å². The summed E-state index contributed by atoms with van der Waals surface area (Å²) in [7, 11) is 0. The smallest absolute Gasteiger partial charge is 0.250 e. The van der Waals surface area contributed by atoms with Gasteiger partial charge in [-0.2, -0.15) is 0 Å². The van der Waals surface area contributed by atoms with Crippen molar-refractivity contribution in [3.8, 4) is 5.69 Å². The van der Waals surface area contributed by atoms with Crippen molar-refractivity contribution >= 4 is 11.6 Å². The zero-order valence-electron chi connectivity index (χ0n) is 9.77. The first-order valence-electron chi connectivity index (χ1n) is 5.21. The molecule has 0 radical (unpaired) electrons. The second-order valence-corrected chi connectivity index (χ2v) is 3.89. The summed E-state index contributed by atoms with van der Waals surface area (Å²) < 4.78 is 1.78. The third-order valence-corrected chi connectivity index (χ3v) is 2.83. The Morgan fingerprint density at radius 3 is 2.59 bits per heavy atom. The summed E-state index contributed by atoms with van der Waals surface area (Å²) in [5.74, 6) is -0.502. The number of nitrogens with zero attached hydrogens (tertiary/aromatic N) is 2. The molecule has 2 rings (SSSR count). The molecular weight excluding hydrogens is 216 g/mol. The van der Waals surface area contributed by atoms with Gasteiger partial charge >= 0.3 is 0 Å². The van der Waals surface area contributed by atoms with Crippen molar-refractivity contribution in [3.05, 3.63) is 41.5 Å². The van der Waals surface area contributed by atoms with Crippen LogP contribution >= 0.6 is 0 Å². The van der Waals surface area contributed by atoms with Crippen molar-refractivity contribution < 1.29 is 4.79 Å². The average molecular weight is 230 g/mol. The first-order valence-corrected chi connectivity index (χ1v) is 5.21. The summed E-state index contributed by atoms with van der Waals surface area (Å²) >= 11 is 0. The molecule has 0 atom stereocenters. The monoisotopic (exact) mass is 230 g/mol. The largest absolute Gasteiger partial charge is 0.397 e. The second kappa shape index (κ2) is 3.93. The maximum Gasteiger partial charge on any atom is 0.250 e. The second-order valence-electron chi connectivity index (χ2n) is 3.89. The summed E-state index contributed by atoms with van der Waals surface area (Å²) in [6.45, 7) is 3.81. The molecule has 1 heterocycles. The number of nitrogen functional groups attached to an aromatic ring is 1. The van der Waals surface area contributed by atoms with Gasteiger partial charge in [-0.3, -0.25) is 4.79 Å². The highest BCUT2D eigenvalue weighted by molar-refractivity contribution is 5.98. The number of carbonyl (C=O) groups is 1. The highest BCUT2D eigenvalue weighted by Gasteiger charge is 2.15. The Labute approximate surface area is 99.1 Å². The summed E-state index contributed by atoms with van der Waals surface area (Å²) in [6, 6.07) is 5.09. The molecule has 1 aromatic heterocycles. The van der Waals surface area contributed by atoms with Gasteiger partial charge in [0, 0.05) is 5.69 Å². The van der Waals surface area contributed by atoms with E-state index >= 15 is 0 Å². The van der Waals surface area contributed by atoms with Gasteiger partial charge in [-0.1, -0.05) is 6.07 Å². The van der Waals surface area contributed by atoms with Crippen molar-refractivity contribution in [1.82, 2.24) is 9.55 Å². The fraction of sp³-hybridized carbons (Fsp3) is 0.167. The zero-order valence-corrected chi connectivity index (χ0v) is 9.77. The van der Waals surface area contributed by atoms with Crippen LogP contribution in [0.1, 0.15) is 21.7 Å². The number of hydrogen-bond acceptors (Lipinski definition) is 3. The number of benzene rings is 1. The predicted molar refractivity (Wildman–Crippen MR) is 66.0 cm³/mol. The fourth-order valence-electron chi connectivity index (χ4n) is 1.75. The Balaban J connectivity index is 2.74. The Morgan fingerprint density at radius 2 is 2.06 bits per heavy atom. The molecule has 1 aromatic carbocycles. The lowest BCUT2D eigenvalue weighted by atomic mass is 10.1. The van der Waals surface area contributed by atoms with Crippen LogP contribution in [0, 0.1) is 13.8 Å². The molecule has 1 amide bonds. The van der Waals surface area contributed by atoms with Crippen LogP contribution in [-0.2, 0) is 0 Å². The van der Waals surface area contributed by atoms with Crippen LogP contribution in [-0.4, -0.2) is 15.5 Å². The minimum Gasteiger partial charge on any atom is -0.397 e. The van der Waals surface area contributed by atoms with E-state index < -0.39 is 5.91 Å². The molecule has 4 N–H and O–H groups in total. The number of nitrogens with two attached hydrogens (primary N) is 2. The maximum atomic E-state index is 11.4. The van der Waals surface area contributed by atoms with E-state index in [0.29, 0.717) is 16.9 Å². The van der Waals surface area contributed by atoms with Crippen LogP contribution in [0.5, 0.6) is 0 Å². The van der Waals surface area contributed by atoms with Gasteiger partial charge in [-0.05, 0) is 26.0 Å². The van der Waals surface area contributed by atoms with E-state index in [0.717, 1.165) is 11.4 Å². The predicted octanol–water partition coefficient (Wildman–Crippen LogP) is 1.17. The van der Waals surface area contributed by atoms with Gasteiger partial charge < -0.3 is 16.0 Å². The molecule has 0 aliphatic carbocycles. The molecule has 0 spiro atoms. The fourth-order valence-corrected chi connectivity index (χ4v) is 1.75. The van der Waals surface area contributed by atoms with E-state index in [4.69, 9.17) is 11.5 Å². The topological polar surface area (TPSA) is 86.9 Å². The molecular formula is C12H14N4O. The van der Waals surface area contributed by atoms with Gasteiger partial charge in [0.1, 0.15) is 0 Å². The number of carbonyl (C=O) groups excluding carboxylic acids is 1. The van der Waals surface area contributed by atoms with Crippen LogP contribution in [0.2, 0.25) is 0 Å². The highest BCUT2D eigenvalue weighted by Crippen LogP contribution is 2.24. The minimum atomic E-state index is -0.502. The molecule has 0 aliphatic rings. The first kappa shape index (κ1) is 11.2. The van der Waals surface area contributed by atoms with Crippen molar-refractivity contribution in [3.63, 3.8) is 0 Å². The Hall–Kier alpha value is -2.30. The third-order valence-electron chi connectivity index (χ3n) is 2.83. The molecule has 0 saturated heterocycles. The first-order chi connectivity index (χ1) is 8.02. The molecule has 0 saturated carbocycles. The van der Waals surface area contributed by atoms with Crippen molar-refractivity contribution in [2.24, 2.45) is 5.73 Å². The molecule has 5 nitrogen and oxygen atoms in total. The number of amides is 1. The minimum absolute atomic E-state index is 0.394. The molecule has 5 heteroatoms. The standard InChI is InChI=1S/C12H14N4O/c1-7-8(2)16(6-15-7)11-9(12(14)17)4-3-5-10(11)13/h3-6H,13H2,1-2H3,(H2,14,17). The number of rotatable bonds is 2. The van der Waals surface area contributed by atoms with E-state index in [1.807, 2.05) is 13.8 Å². The summed E-state index contributed by atoms with van der Waals surface area (Å²) in [5, 5.41) is 0. The Morgan fingerprint density at radius 1 is 1.35 bits per heavy atom. The zero-order chi connectivity index (χ0) is 12.6. The summed E-state index contributed by atoms with van der Waals surface area (Å²) in [5.41, 5.74) is 14.6. The van der Waals surface area contributed by atoms with Gasteiger partial charge in [-0.25, -0.2) is 4.98 Å². The number of aromatic nitrogens is 2. The number of para-hydroxylation sites is 1. The van der Waals surface area contributed by atoms with Gasteiger partial charge in [-0.15, -0.1) is 0 Å². The van der Waals surface area contributed by atoms with Gasteiger partial charge in [0.2, 0.25) is 0 Å². The normalized spacial score (nSPS) is 10.5. The SMILES string of the molecule is Cc1ncn(-c2c(N)cccc2C(N)=O)c1C. The Bertz CT molecular complexity index is 586. The lowest BCUT2D eigenvalue weighted by Gasteiger charge is -2.12. The molecule has 0 fully saturated rings. The van der Waals surface area contributed by atoms with E-state index in [-0.39, 0.29) is 0 Å². The number of anilines is 1. The molecule has 0 aliphatic heterocycles. The van der Waals surface area contributed by atoms with Gasteiger partial charge in [0.15, 0.2) is 0 Å². The van der Waals surface area contributed by atoms with Crippen LogP contribution in [0.3, 0.4) is 0 Å². The van der Waals surface area contributed by atoms with Gasteiger partial charge in [0.05, 0.1) is 29.0 Å². The van der Waals surface area contributed by atoms with Crippen LogP contribution in [0.25, 0.3) is 5.69 Å². The number of primary amides is 1.